The van der Waals surface area contributed by atoms with Crippen molar-refractivity contribution < 1.29 is 0 Å². The van der Waals surface area contributed by atoms with Crippen molar-refractivity contribution in [2.45, 2.75) is 107 Å². The highest BCUT2D eigenvalue weighted by molar-refractivity contribution is 6.42. The number of nitrogens with zero attached hydrogens (tertiary/aromatic N) is 1. The summed E-state index contributed by atoms with van der Waals surface area (Å²) in [4.78, 5) is 2.63. The highest BCUT2D eigenvalue weighted by Crippen LogP contribution is 2.30. The van der Waals surface area contributed by atoms with Crippen LogP contribution >= 0.6 is 23.2 Å². The number of likely N-dealkylation sites (tertiary alicyclic amines) is 1. The molecule has 238 valence electrons. The maximum atomic E-state index is 5.75. The molecule has 1 heterocycles. The van der Waals surface area contributed by atoms with Crippen LogP contribution in [0.4, 0.5) is 0 Å². The lowest BCUT2D eigenvalue weighted by atomic mass is 9.90. The minimum atomic E-state index is 0.622. The Morgan fingerprint density at radius 2 is 1.60 bits per heavy atom. The Morgan fingerprint density at radius 3 is 2.12 bits per heavy atom. The first kappa shape index (κ1) is 39.0. The minimum absolute atomic E-state index is 0.622. The molecule has 0 saturated carbocycles. The highest BCUT2D eigenvalue weighted by Gasteiger charge is 2.15. The van der Waals surface area contributed by atoms with E-state index in [2.05, 4.69) is 103 Å². The van der Waals surface area contributed by atoms with Gasteiger partial charge in [-0.25, -0.2) is 0 Å². The predicted molar refractivity (Wildman–Crippen MR) is 197 cm³/mol. The summed E-state index contributed by atoms with van der Waals surface area (Å²) in [5, 5.41) is 1.27. The average Bonchev–Trinajstić information content (AvgIpc) is 2.97. The van der Waals surface area contributed by atoms with Crippen LogP contribution < -0.4 is 0 Å². The smallest absolute Gasteiger partial charge is 0.0621 e. The van der Waals surface area contributed by atoms with Crippen LogP contribution in [0.25, 0.3) is 5.57 Å². The lowest BCUT2D eigenvalue weighted by molar-refractivity contribution is 0.191. The van der Waals surface area contributed by atoms with Crippen LogP contribution in [0.1, 0.15) is 109 Å². The molecule has 1 saturated heterocycles. The zero-order chi connectivity index (χ0) is 32.4. The zero-order valence-corrected chi connectivity index (χ0v) is 30.3. The fraction of sp³-hybridized carbons (Fsp3) is 0.500. The quantitative estimate of drug-likeness (QED) is 0.238. The van der Waals surface area contributed by atoms with E-state index < -0.39 is 0 Å². The maximum Gasteiger partial charge on any atom is 0.0621 e. The molecule has 1 nitrogen and oxygen atoms in total. The van der Waals surface area contributed by atoms with E-state index in [0.29, 0.717) is 10.0 Å². The maximum absolute atomic E-state index is 5.75. The van der Waals surface area contributed by atoms with Gasteiger partial charge in [-0.3, -0.25) is 0 Å². The molecule has 0 amide bonds. The topological polar surface area (TPSA) is 3.24 Å². The van der Waals surface area contributed by atoms with Gasteiger partial charge in [0, 0.05) is 0 Å². The van der Waals surface area contributed by atoms with Crippen molar-refractivity contribution in [2.24, 2.45) is 5.92 Å². The molecule has 1 aliphatic heterocycles. The van der Waals surface area contributed by atoms with Crippen LogP contribution in [0, 0.1) is 19.8 Å². The summed E-state index contributed by atoms with van der Waals surface area (Å²) in [6.45, 7) is 27.8. The fourth-order valence-corrected chi connectivity index (χ4v) is 5.43. The third-order valence-corrected chi connectivity index (χ3v) is 8.66. The van der Waals surface area contributed by atoms with Crippen LogP contribution in [-0.2, 0) is 6.42 Å². The van der Waals surface area contributed by atoms with E-state index in [4.69, 9.17) is 23.2 Å². The molecule has 0 atom stereocenters. The summed E-state index contributed by atoms with van der Waals surface area (Å²) in [6, 6.07) is 12.5. The Bertz CT molecular complexity index is 1180. The Hall–Kier alpha value is -2.06. The Balaban J connectivity index is 0.000000641. The lowest BCUT2D eigenvalue weighted by Gasteiger charge is -2.30. The predicted octanol–water partition coefficient (Wildman–Crippen LogP) is 13.0. The minimum Gasteiger partial charge on any atom is -0.303 e. The van der Waals surface area contributed by atoms with Crippen molar-refractivity contribution in [1.29, 1.82) is 0 Å². The number of hydrogen-bond acceptors (Lipinski definition) is 1. The first-order valence-electron chi connectivity index (χ1n) is 16.4. The van der Waals surface area contributed by atoms with E-state index in [1.165, 1.54) is 84.3 Å². The Kier molecular flexibility index (Phi) is 19.6. The second-order valence-electron chi connectivity index (χ2n) is 12.1. The molecule has 0 radical (unpaired) electrons. The summed E-state index contributed by atoms with van der Waals surface area (Å²) >= 11 is 11.4. The number of allylic oxidation sites excluding steroid dienone is 7. The third kappa shape index (κ3) is 14.5. The van der Waals surface area contributed by atoms with Gasteiger partial charge in [0.25, 0.3) is 0 Å². The van der Waals surface area contributed by atoms with Crippen molar-refractivity contribution in [3.8, 4) is 0 Å². The van der Waals surface area contributed by atoms with Crippen LogP contribution in [0.5, 0.6) is 0 Å². The van der Waals surface area contributed by atoms with E-state index in [9.17, 15) is 0 Å². The van der Waals surface area contributed by atoms with Gasteiger partial charge in [-0.15, -0.1) is 0 Å². The molecule has 0 unspecified atom stereocenters. The fourth-order valence-electron chi connectivity index (χ4n) is 5.08. The van der Waals surface area contributed by atoms with Crippen LogP contribution in [0.2, 0.25) is 10.0 Å². The van der Waals surface area contributed by atoms with E-state index in [1.54, 1.807) is 6.07 Å². The largest absolute Gasteiger partial charge is 0.303 e. The van der Waals surface area contributed by atoms with Crippen molar-refractivity contribution in [1.82, 2.24) is 4.90 Å². The lowest BCUT2D eigenvalue weighted by Crippen LogP contribution is -2.33. The van der Waals surface area contributed by atoms with Gasteiger partial charge in [-0.05, 0) is 131 Å². The molecule has 2 aromatic carbocycles. The van der Waals surface area contributed by atoms with E-state index >= 15 is 0 Å². The summed E-state index contributed by atoms with van der Waals surface area (Å²) in [6.07, 6.45) is 15.3. The highest BCUT2D eigenvalue weighted by atomic mass is 35.5. The number of aryl methyl sites for hydroxylation is 3. The zero-order valence-electron chi connectivity index (χ0n) is 28.8. The second-order valence-corrected chi connectivity index (χ2v) is 12.9. The van der Waals surface area contributed by atoms with Crippen LogP contribution in [0.3, 0.4) is 0 Å². The van der Waals surface area contributed by atoms with Gasteiger partial charge in [-0.2, -0.15) is 0 Å². The monoisotopic (exact) mass is 623 g/mol. The summed E-state index contributed by atoms with van der Waals surface area (Å²) in [5.74, 6) is 0.906. The van der Waals surface area contributed by atoms with Crippen LogP contribution in [0.15, 0.2) is 77.9 Å². The Morgan fingerprint density at radius 1 is 0.953 bits per heavy atom. The van der Waals surface area contributed by atoms with Gasteiger partial charge < -0.3 is 4.90 Å². The number of halogens is 2. The molecule has 0 N–H and O–H groups in total. The van der Waals surface area contributed by atoms with Gasteiger partial charge >= 0.3 is 0 Å². The molecule has 3 rings (SSSR count). The van der Waals surface area contributed by atoms with E-state index in [-0.39, 0.29) is 0 Å². The second kappa shape index (κ2) is 21.6. The number of benzene rings is 2. The number of hydrogen-bond donors (Lipinski definition) is 0. The molecule has 2 aromatic rings. The molecule has 0 spiro atoms. The first-order valence-corrected chi connectivity index (χ1v) is 17.2. The SMILES string of the molecule is C=C(/C=C\C(=C(C)C)/C(=C\CC)c1ccc(CC)c(C)c1)CCCN1CCC(C)CC1.CCC.Cc1cccc(Cl)c1Cl. The standard InChI is InChI=1S/C30H45N.C7H6Cl2.C3H8/c1-8-11-30(28-15-14-27(9-2)26(7)22-28)29(23(3)4)16-13-24(5)12-10-19-31-20-17-25(6)18-21-31;1-5-3-2-4-6(8)7(5)9;1-3-2/h11,13-16,22,25H,5,8-10,12,17-21H2,1-4,6-7H3;2-4H,1H3;3H2,1-2H3/b16-13-,30-11-;;. The van der Waals surface area contributed by atoms with Gasteiger partial charge in [0.1, 0.15) is 0 Å². The molecule has 0 aliphatic carbocycles. The number of piperidine rings is 1. The first-order chi connectivity index (χ1) is 20.5. The van der Waals surface area contributed by atoms with Crippen molar-refractivity contribution in [3.05, 3.63) is 110 Å². The normalized spacial score (nSPS) is 14.1. The van der Waals surface area contributed by atoms with Crippen LogP contribution in [-0.4, -0.2) is 24.5 Å². The summed E-state index contributed by atoms with van der Waals surface area (Å²) in [5.41, 5.74) is 10.4. The Labute approximate surface area is 275 Å². The van der Waals surface area contributed by atoms with Gasteiger partial charge in [-0.1, -0.05) is 131 Å². The molecule has 1 aliphatic rings. The summed E-state index contributed by atoms with van der Waals surface area (Å²) in [7, 11) is 0. The van der Waals surface area contributed by atoms with E-state index in [1.807, 2.05) is 19.1 Å². The molecule has 0 aromatic heterocycles. The molecular weight excluding hydrogens is 565 g/mol. The van der Waals surface area contributed by atoms with E-state index in [0.717, 1.165) is 30.7 Å². The molecule has 3 heteroatoms. The van der Waals surface area contributed by atoms with Crippen molar-refractivity contribution in [2.75, 3.05) is 19.6 Å². The number of rotatable bonds is 10. The van der Waals surface area contributed by atoms with Gasteiger partial charge in [0.05, 0.1) is 10.0 Å². The molecule has 1 fully saturated rings. The van der Waals surface area contributed by atoms with Gasteiger partial charge in [0.2, 0.25) is 0 Å². The molecule has 0 bridgehead atoms. The molecule has 43 heavy (non-hydrogen) atoms. The third-order valence-electron chi connectivity index (χ3n) is 7.75. The molecular formula is C40H59Cl2N. The summed E-state index contributed by atoms with van der Waals surface area (Å²) < 4.78 is 0. The van der Waals surface area contributed by atoms with Crippen molar-refractivity contribution in [3.63, 3.8) is 0 Å². The van der Waals surface area contributed by atoms with Gasteiger partial charge in [0.15, 0.2) is 0 Å². The van der Waals surface area contributed by atoms with Crippen molar-refractivity contribution >= 4 is 28.8 Å². The average molecular weight is 625 g/mol.